The SMILES string of the molecule is [CH2]CC(CCCC)N1CCN(C)CC1. The van der Waals surface area contributed by atoms with Crippen LogP contribution in [0.15, 0.2) is 0 Å². The van der Waals surface area contributed by atoms with Gasteiger partial charge in [-0.2, -0.15) is 0 Å². The lowest BCUT2D eigenvalue weighted by molar-refractivity contribution is 0.106. The van der Waals surface area contributed by atoms with Crippen molar-refractivity contribution in [1.82, 2.24) is 9.80 Å². The third-order valence-corrected chi connectivity index (χ3v) is 3.28. The average Bonchev–Trinajstić information content (AvgIpc) is 2.21. The van der Waals surface area contributed by atoms with Gasteiger partial charge in [0.1, 0.15) is 0 Å². The van der Waals surface area contributed by atoms with E-state index in [2.05, 4.69) is 30.7 Å². The maximum atomic E-state index is 4.08. The topological polar surface area (TPSA) is 6.48 Å². The van der Waals surface area contributed by atoms with Crippen LogP contribution in [-0.4, -0.2) is 49.1 Å². The summed E-state index contributed by atoms with van der Waals surface area (Å²) in [5.41, 5.74) is 0. The Morgan fingerprint density at radius 2 is 1.86 bits per heavy atom. The third kappa shape index (κ3) is 3.58. The fraction of sp³-hybridized carbons (Fsp3) is 0.917. The van der Waals surface area contributed by atoms with E-state index in [-0.39, 0.29) is 0 Å². The van der Waals surface area contributed by atoms with E-state index in [0.717, 1.165) is 12.5 Å². The quantitative estimate of drug-likeness (QED) is 0.665. The van der Waals surface area contributed by atoms with Gasteiger partial charge < -0.3 is 4.90 Å². The van der Waals surface area contributed by atoms with Crippen molar-refractivity contribution in [1.29, 1.82) is 0 Å². The summed E-state index contributed by atoms with van der Waals surface area (Å²) in [6.45, 7) is 11.3. The van der Waals surface area contributed by atoms with E-state index in [1.807, 2.05) is 0 Å². The van der Waals surface area contributed by atoms with Crippen LogP contribution in [0, 0.1) is 6.92 Å². The maximum Gasteiger partial charge on any atom is 0.0113 e. The van der Waals surface area contributed by atoms with Crippen molar-refractivity contribution in [2.45, 2.75) is 38.6 Å². The monoisotopic (exact) mass is 197 g/mol. The van der Waals surface area contributed by atoms with Crippen LogP contribution in [-0.2, 0) is 0 Å². The van der Waals surface area contributed by atoms with Crippen LogP contribution >= 0.6 is 0 Å². The Bertz CT molecular complexity index is 137. The number of nitrogens with zero attached hydrogens (tertiary/aromatic N) is 2. The number of hydrogen-bond donors (Lipinski definition) is 0. The zero-order valence-electron chi connectivity index (χ0n) is 9.84. The van der Waals surface area contributed by atoms with Gasteiger partial charge in [0.15, 0.2) is 0 Å². The lowest BCUT2D eigenvalue weighted by Crippen LogP contribution is -2.48. The van der Waals surface area contributed by atoms with Gasteiger partial charge in [0.05, 0.1) is 0 Å². The van der Waals surface area contributed by atoms with Crippen LogP contribution in [0.3, 0.4) is 0 Å². The second-order valence-electron chi connectivity index (χ2n) is 4.42. The van der Waals surface area contributed by atoms with Crippen LogP contribution < -0.4 is 0 Å². The molecule has 1 atom stereocenters. The van der Waals surface area contributed by atoms with Crippen LogP contribution in [0.4, 0.5) is 0 Å². The first-order valence-electron chi connectivity index (χ1n) is 5.99. The highest BCUT2D eigenvalue weighted by Gasteiger charge is 2.20. The summed E-state index contributed by atoms with van der Waals surface area (Å²) in [6, 6.07) is 0.739. The molecule has 14 heavy (non-hydrogen) atoms. The van der Waals surface area contributed by atoms with E-state index in [9.17, 15) is 0 Å². The molecule has 0 aromatic heterocycles. The molecule has 1 saturated heterocycles. The van der Waals surface area contributed by atoms with Crippen molar-refractivity contribution in [3.63, 3.8) is 0 Å². The van der Waals surface area contributed by atoms with E-state index in [4.69, 9.17) is 0 Å². The van der Waals surface area contributed by atoms with Crippen molar-refractivity contribution >= 4 is 0 Å². The highest BCUT2D eigenvalue weighted by Crippen LogP contribution is 2.14. The Kier molecular flexibility index (Phi) is 5.49. The molecule has 1 fully saturated rings. The third-order valence-electron chi connectivity index (χ3n) is 3.28. The smallest absolute Gasteiger partial charge is 0.0113 e. The molecule has 0 amide bonds. The van der Waals surface area contributed by atoms with E-state index in [1.165, 1.54) is 45.4 Å². The molecule has 0 aromatic rings. The minimum Gasteiger partial charge on any atom is -0.304 e. The number of piperazine rings is 1. The van der Waals surface area contributed by atoms with Gasteiger partial charge in [0.25, 0.3) is 0 Å². The molecule has 0 N–H and O–H groups in total. The molecule has 2 nitrogen and oxygen atoms in total. The van der Waals surface area contributed by atoms with Crippen molar-refractivity contribution in [3.8, 4) is 0 Å². The molecule has 0 aromatic carbocycles. The molecule has 0 bridgehead atoms. The molecular weight excluding hydrogens is 172 g/mol. The lowest BCUT2D eigenvalue weighted by atomic mass is 10.0. The summed E-state index contributed by atoms with van der Waals surface area (Å²) in [4.78, 5) is 5.04. The fourth-order valence-electron chi connectivity index (χ4n) is 2.14. The lowest BCUT2D eigenvalue weighted by Gasteiger charge is -2.37. The molecule has 1 aliphatic heterocycles. The van der Waals surface area contributed by atoms with Gasteiger partial charge in [0, 0.05) is 32.2 Å². The van der Waals surface area contributed by atoms with Crippen molar-refractivity contribution < 1.29 is 0 Å². The molecule has 1 rings (SSSR count). The molecular formula is C12H25N2. The molecule has 83 valence electrons. The van der Waals surface area contributed by atoms with E-state index >= 15 is 0 Å². The minimum atomic E-state index is 0.739. The van der Waals surface area contributed by atoms with Crippen molar-refractivity contribution in [2.75, 3.05) is 33.2 Å². The Morgan fingerprint density at radius 3 is 2.36 bits per heavy atom. The second kappa shape index (κ2) is 6.41. The molecule has 1 unspecified atom stereocenters. The zero-order valence-corrected chi connectivity index (χ0v) is 9.84. The number of rotatable bonds is 5. The van der Waals surface area contributed by atoms with Gasteiger partial charge in [0.2, 0.25) is 0 Å². The highest BCUT2D eigenvalue weighted by molar-refractivity contribution is 4.77. The van der Waals surface area contributed by atoms with Gasteiger partial charge in [-0.25, -0.2) is 0 Å². The van der Waals surface area contributed by atoms with E-state index < -0.39 is 0 Å². The largest absolute Gasteiger partial charge is 0.304 e. The summed E-state index contributed by atoms with van der Waals surface area (Å²) in [6.07, 6.45) is 5.07. The van der Waals surface area contributed by atoms with Crippen molar-refractivity contribution in [3.05, 3.63) is 6.92 Å². The summed E-state index contributed by atoms with van der Waals surface area (Å²) in [5.74, 6) is 0. The highest BCUT2D eigenvalue weighted by atomic mass is 15.3. The Balaban J connectivity index is 2.29. The van der Waals surface area contributed by atoms with Gasteiger partial charge in [-0.1, -0.05) is 26.7 Å². The van der Waals surface area contributed by atoms with E-state index in [0.29, 0.717) is 0 Å². The first-order valence-corrected chi connectivity index (χ1v) is 5.99. The number of hydrogen-bond acceptors (Lipinski definition) is 2. The van der Waals surface area contributed by atoms with E-state index in [1.54, 1.807) is 0 Å². The van der Waals surface area contributed by atoms with Crippen LogP contribution in [0.5, 0.6) is 0 Å². The molecule has 1 radical (unpaired) electrons. The molecule has 0 aliphatic carbocycles. The number of likely N-dealkylation sites (N-methyl/N-ethyl adjacent to an activating group) is 1. The maximum absolute atomic E-state index is 4.08. The molecule has 2 heteroatoms. The summed E-state index contributed by atoms with van der Waals surface area (Å²) in [5, 5.41) is 0. The Hall–Kier alpha value is -0.0800. The fourth-order valence-corrected chi connectivity index (χ4v) is 2.14. The molecule has 1 heterocycles. The number of unbranched alkanes of at least 4 members (excludes halogenated alkanes) is 1. The Labute approximate surface area is 89.3 Å². The standard InChI is InChI=1S/C12H25N2/c1-4-6-7-12(5-2)14-10-8-13(3)9-11-14/h12H,2,4-11H2,1,3H3. The van der Waals surface area contributed by atoms with Gasteiger partial charge in [-0.05, 0) is 19.9 Å². The van der Waals surface area contributed by atoms with Crippen LogP contribution in [0.25, 0.3) is 0 Å². The minimum absolute atomic E-state index is 0.739. The summed E-state index contributed by atoms with van der Waals surface area (Å²) < 4.78 is 0. The Morgan fingerprint density at radius 1 is 1.21 bits per heavy atom. The second-order valence-corrected chi connectivity index (χ2v) is 4.42. The first-order chi connectivity index (χ1) is 6.77. The molecule has 0 saturated carbocycles. The normalized spacial score (nSPS) is 22.5. The van der Waals surface area contributed by atoms with Gasteiger partial charge in [-0.3, -0.25) is 4.90 Å². The predicted octanol–water partition coefficient (Wildman–Crippen LogP) is 2.02. The summed E-state index contributed by atoms with van der Waals surface area (Å²) >= 11 is 0. The molecule has 1 aliphatic rings. The average molecular weight is 197 g/mol. The predicted molar refractivity (Wildman–Crippen MR) is 62.4 cm³/mol. The first kappa shape index (κ1) is 12.0. The van der Waals surface area contributed by atoms with Crippen molar-refractivity contribution in [2.24, 2.45) is 0 Å². The molecule has 0 spiro atoms. The van der Waals surface area contributed by atoms with Gasteiger partial charge >= 0.3 is 0 Å². The zero-order chi connectivity index (χ0) is 10.4. The summed E-state index contributed by atoms with van der Waals surface area (Å²) in [7, 11) is 2.21. The van der Waals surface area contributed by atoms with Crippen LogP contribution in [0.2, 0.25) is 0 Å². The van der Waals surface area contributed by atoms with Crippen LogP contribution in [0.1, 0.15) is 32.6 Å². The van der Waals surface area contributed by atoms with Gasteiger partial charge in [-0.15, -0.1) is 0 Å².